The van der Waals surface area contributed by atoms with Crippen molar-refractivity contribution in [1.82, 2.24) is 10.6 Å². The number of nitrogens with one attached hydrogen (secondary N) is 2. The summed E-state index contributed by atoms with van der Waals surface area (Å²) in [5.74, 6) is 0.799. The van der Waals surface area contributed by atoms with Crippen molar-refractivity contribution in [2.24, 2.45) is 5.92 Å². The molecule has 0 aromatic heterocycles. The first-order valence-electron chi connectivity index (χ1n) is 9.15. The number of hydrogen-bond donors (Lipinski definition) is 2. The summed E-state index contributed by atoms with van der Waals surface area (Å²) in [5, 5.41) is 6.44. The molecule has 1 aliphatic carbocycles. The van der Waals surface area contributed by atoms with Gasteiger partial charge in [0, 0.05) is 5.92 Å². The summed E-state index contributed by atoms with van der Waals surface area (Å²) < 4.78 is 0. The first kappa shape index (κ1) is 18.6. The molecule has 1 aliphatic rings. The molecule has 0 radical (unpaired) electrons. The van der Waals surface area contributed by atoms with Gasteiger partial charge in [-0.15, -0.1) is 0 Å². The van der Waals surface area contributed by atoms with Gasteiger partial charge in [-0.2, -0.15) is 0 Å². The van der Waals surface area contributed by atoms with Crippen LogP contribution in [0.1, 0.15) is 77.0 Å². The fourth-order valence-electron chi connectivity index (χ4n) is 3.46. The van der Waals surface area contributed by atoms with Gasteiger partial charge in [0.2, 0.25) is 0 Å². The summed E-state index contributed by atoms with van der Waals surface area (Å²) in [4.78, 5) is 12.8. The Kier molecular flexibility index (Phi) is 10.8. The largest absolute Gasteiger partial charge is 0.320 e. The van der Waals surface area contributed by atoms with Crippen LogP contribution in [0, 0.1) is 5.92 Å². The molecule has 3 heteroatoms. The highest BCUT2D eigenvalue weighted by Crippen LogP contribution is 2.24. The van der Waals surface area contributed by atoms with Crippen molar-refractivity contribution < 1.29 is 4.79 Å². The monoisotopic (exact) mass is 296 g/mol. The van der Waals surface area contributed by atoms with Crippen LogP contribution in [0.2, 0.25) is 0 Å². The Bertz CT molecular complexity index is 258. The highest BCUT2D eigenvalue weighted by atomic mass is 16.1. The van der Waals surface area contributed by atoms with Crippen molar-refractivity contribution >= 4 is 5.78 Å². The van der Waals surface area contributed by atoms with Crippen LogP contribution in [0.3, 0.4) is 0 Å². The van der Waals surface area contributed by atoms with Crippen molar-refractivity contribution in [3.05, 3.63) is 0 Å². The van der Waals surface area contributed by atoms with E-state index < -0.39 is 0 Å². The minimum absolute atomic E-state index is 0.0785. The van der Waals surface area contributed by atoms with E-state index in [2.05, 4.69) is 10.6 Å². The number of hydrogen-bond acceptors (Lipinski definition) is 3. The van der Waals surface area contributed by atoms with Gasteiger partial charge in [-0.25, -0.2) is 0 Å². The molecule has 0 aromatic carbocycles. The Balaban J connectivity index is 2.42. The molecule has 0 heterocycles. The van der Waals surface area contributed by atoms with Gasteiger partial charge >= 0.3 is 0 Å². The second kappa shape index (κ2) is 12.2. The van der Waals surface area contributed by atoms with Gasteiger partial charge in [0.05, 0.1) is 6.04 Å². The third-order valence-electron chi connectivity index (χ3n) is 4.87. The quantitative estimate of drug-likeness (QED) is 0.671. The second-order valence-electron chi connectivity index (χ2n) is 6.59. The van der Waals surface area contributed by atoms with Gasteiger partial charge in [-0.05, 0) is 46.3 Å². The molecule has 1 fully saturated rings. The van der Waals surface area contributed by atoms with Crippen LogP contribution in [-0.2, 0) is 4.79 Å². The summed E-state index contributed by atoms with van der Waals surface area (Å²) in [6.45, 7) is 1.05. The molecule has 0 bridgehead atoms. The van der Waals surface area contributed by atoms with Crippen LogP contribution >= 0.6 is 0 Å². The standard InChI is InChI=1S/C18H36N2O/c1-19-15-11-10-14-17(20-2)18(21)16-12-8-6-4-3-5-7-9-13-16/h16-17,19-20H,3-15H2,1-2H3. The number of Topliss-reactive ketones (excluding diaryl/α,β-unsaturated/α-hetero) is 1. The molecule has 1 saturated carbocycles. The summed E-state index contributed by atoms with van der Waals surface area (Å²) in [5.41, 5.74) is 0. The highest BCUT2D eigenvalue weighted by molar-refractivity contribution is 5.86. The zero-order valence-corrected chi connectivity index (χ0v) is 14.3. The SMILES string of the molecule is CNCCCCC(NC)C(=O)C1CCCCCCCCC1. The molecule has 0 amide bonds. The lowest BCUT2D eigenvalue weighted by atomic mass is 9.85. The van der Waals surface area contributed by atoms with Crippen LogP contribution in [0.5, 0.6) is 0 Å². The summed E-state index contributed by atoms with van der Waals surface area (Å²) in [6, 6.07) is 0.0785. The fourth-order valence-corrected chi connectivity index (χ4v) is 3.46. The zero-order chi connectivity index (χ0) is 15.3. The van der Waals surface area contributed by atoms with Crippen LogP contribution in [-0.4, -0.2) is 32.5 Å². The van der Waals surface area contributed by atoms with E-state index in [0.29, 0.717) is 11.7 Å². The van der Waals surface area contributed by atoms with Crippen LogP contribution in [0.25, 0.3) is 0 Å². The molecule has 124 valence electrons. The third-order valence-corrected chi connectivity index (χ3v) is 4.87. The van der Waals surface area contributed by atoms with Crippen LogP contribution in [0.4, 0.5) is 0 Å². The molecule has 0 saturated heterocycles. The minimum atomic E-state index is 0.0785. The lowest BCUT2D eigenvalue weighted by Gasteiger charge is -2.23. The van der Waals surface area contributed by atoms with E-state index in [1.807, 2.05) is 14.1 Å². The van der Waals surface area contributed by atoms with Crippen molar-refractivity contribution in [3.63, 3.8) is 0 Å². The van der Waals surface area contributed by atoms with E-state index in [0.717, 1.165) is 38.6 Å². The lowest BCUT2D eigenvalue weighted by molar-refractivity contribution is -0.125. The Morgan fingerprint density at radius 3 is 2.05 bits per heavy atom. The Morgan fingerprint density at radius 2 is 1.52 bits per heavy atom. The first-order chi connectivity index (χ1) is 10.3. The molecule has 0 aromatic rings. The maximum Gasteiger partial charge on any atom is 0.152 e. The Labute approximate surface area is 131 Å². The molecule has 21 heavy (non-hydrogen) atoms. The topological polar surface area (TPSA) is 41.1 Å². The molecule has 1 rings (SSSR count). The first-order valence-corrected chi connectivity index (χ1v) is 9.15. The van der Waals surface area contributed by atoms with Crippen molar-refractivity contribution in [2.45, 2.75) is 83.1 Å². The number of ketones is 1. The summed E-state index contributed by atoms with van der Waals surface area (Å²) >= 11 is 0. The molecule has 3 nitrogen and oxygen atoms in total. The van der Waals surface area contributed by atoms with Crippen molar-refractivity contribution in [2.75, 3.05) is 20.6 Å². The lowest BCUT2D eigenvalue weighted by Crippen LogP contribution is -2.38. The number of carbonyl (C=O) groups excluding carboxylic acids is 1. The summed E-state index contributed by atoms with van der Waals surface area (Å²) in [7, 11) is 3.93. The predicted octanol–water partition coefficient (Wildman–Crippen LogP) is 3.67. The molecule has 2 N–H and O–H groups in total. The third kappa shape index (κ3) is 7.96. The molecule has 0 aliphatic heterocycles. The zero-order valence-electron chi connectivity index (χ0n) is 14.3. The van der Waals surface area contributed by atoms with Gasteiger partial charge in [-0.1, -0.05) is 51.4 Å². The Hall–Kier alpha value is -0.410. The van der Waals surface area contributed by atoms with Gasteiger partial charge in [0.15, 0.2) is 5.78 Å². The van der Waals surface area contributed by atoms with E-state index in [4.69, 9.17) is 0 Å². The number of rotatable bonds is 8. The molecule has 0 spiro atoms. The highest BCUT2D eigenvalue weighted by Gasteiger charge is 2.25. The summed E-state index contributed by atoms with van der Waals surface area (Å²) in [6.07, 6.45) is 14.8. The van der Waals surface area contributed by atoms with Crippen LogP contribution < -0.4 is 10.6 Å². The number of likely N-dealkylation sites (N-methyl/N-ethyl adjacent to an activating group) is 1. The molecule has 1 atom stereocenters. The van der Waals surface area contributed by atoms with Crippen molar-refractivity contribution in [1.29, 1.82) is 0 Å². The van der Waals surface area contributed by atoms with Gasteiger partial charge < -0.3 is 10.6 Å². The van der Waals surface area contributed by atoms with Gasteiger partial charge in [-0.3, -0.25) is 4.79 Å². The number of carbonyl (C=O) groups is 1. The predicted molar refractivity (Wildman–Crippen MR) is 90.7 cm³/mol. The average Bonchev–Trinajstić information content (AvgIpc) is 2.52. The average molecular weight is 296 g/mol. The second-order valence-corrected chi connectivity index (χ2v) is 6.59. The van der Waals surface area contributed by atoms with E-state index in [1.165, 1.54) is 44.9 Å². The van der Waals surface area contributed by atoms with Crippen LogP contribution in [0.15, 0.2) is 0 Å². The normalized spacial score (nSPS) is 20.1. The molecular weight excluding hydrogens is 260 g/mol. The van der Waals surface area contributed by atoms with E-state index in [9.17, 15) is 4.79 Å². The fraction of sp³-hybridized carbons (Fsp3) is 0.944. The van der Waals surface area contributed by atoms with E-state index in [-0.39, 0.29) is 6.04 Å². The molecule has 1 unspecified atom stereocenters. The van der Waals surface area contributed by atoms with Gasteiger partial charge in [0.25, 0.3) is 0 Å². The smallest absolute Gasteiger partial charge is 0.152 e. The minimum Gasteiger partial charge on any atom is -0.320 e. The van der Waals surface area contributed by atoms with Gasteiger partial charge in [0.1, 0.15) is 0 Å². The number of unbranched alkanes of at least 4 members (excludes halogenated alkanes) is 1. The van der Waals surface area contributed by atoms with Crippen molar-refractivity contribution in [3.8, 4) is 0 Å². The maximum atomic E-state index is 12.8. The van der Waals surface area contributed by atoms with E-state index >= 15 is 0 Å². The Morgan fingerprint density at radius 1 is 0.952 bits per heavy atom. The maximum absolute atomic E-state index is 12.8. The molecular formula is C18H36N2O. The van der Waals surface area contributed by atoms with E-state index in [1.54, 1.807) is 0 Å².